The van der Waals surface area contributed by atoms with Crippen molar-refractivity contribution in [3.63, 3.8) is 0 Å². The van der Waals surface area contributed by atoms with E-state index in [0.29, 0.717) is 11.1 Å². The van der Waals surface area contributed by atoms with Crippen molar-refractivity contribution in [1.82, 2.24) is 0 Å². The Labute approximate surface area is 192 Å². The normalized spacial score (nSPS) is 12.1. The number of hydrogen-bond acceptors (Lipinski definition) is 6. The van der Waals surface area contributed by atoms with E-state index in [1.807, 2.05) is 0 Å². The fourth-order valence-electron chi connectivity index (χ4n) is 3.59. The average Bonchev–Trinajstić information content (AvgIpc) is 2.82. The van der Waals surface area contributed by atoms with Gasteiger partial charge in [-0.2, -0.15) is 8.78 Å². The molecule has 0 saturated heterocycles. The minimum atomic E-state index is -2.95. The number of benzene rings is 3. The van der Waals surface area contributed by atoms with E-state index in [4.69, 9.17) is 4.74 Å². The first-order valence-corrected chi connectivity index (χ1v) is 10.1. The van der Waals surface area contributed by atoms with E-state index in [2.05, 4.69) is 10.1 Å². The maximum atomic E-state index is 13.0. The zero-order valence-corrected chi connectivity index (χ0v) is 17.5. The molecule has 0 atom stereocenters. The highest BCUT2D eigenvalue weighted by Gasteiger charge is 2.31. The molecule has 0 aliphatic heterocycles. The second kappa shape index (κ2) is 9.62. The van der Waals surface area contributed by atoms with Crippen LogP contribution in [-0.2, 0) is 20.7 Å². The SMILES string of the molecule is O=C(COC(=O)Cc1ccc(OC(F)F)cc1)Nc1cccc2c1C(=O)c1ccccc1C2=O. The lowest BCUT2D eigenvalue weighted by Gasteiger charge is -2.20. The van der Waals surface area contributed by atoms with Gasteiger partial charge in [-0.05, 0) is 23.8 Å². The minimum Gasteiger partial charge on any atom is -0.455 e. The monoisotopic (exact) mass is 465 g/mol. The van der Waals surface area contributed by atoms with Crippen molar-refractivity contribution < 1.29 is 37.4 Å². The van der Waals surface area contributed by atoms with Gasteiger partial charge in [0.05, 0.1) is 17.7 Å². The van der Waals surface area contributed by atoms with Crippen LogP contribution in [0.3, 0.4) is 0 Å². The first-order valence-electron chi connectivity index (χ1n) is 10.1. The molecule has 1 aliphatic rings. The number of carbonyl (C=O) groups excluding carboxylic acids is 4. The Morgan fingerprint density at radius 3 is 2.15 bits per heavy atom. The summed E-state index contributed by atoms with van der Waals surface area (Å²) in [6, 6.07) is 16.4. The van der Waals surface area contributed by atoms with E-state index >= 15 is 0 Å². The number of hydrogen-bond donors (Lipinski definition) is 1. The van der Waals surface area contributed by atoms with Gasteiger partial charge in [-0.1, -0.05) is 48.5 Å². The van der Waals surface area contributed by atoms with Gasteiger partial charge in [-0.3, -0.25) is 19.2 Å². The fourth-order valence-corrected chi connectivity index (χ4v) is 3.59. The highest BCUT2D eigenvalue weighted by molar-refractivity contribution is 6.30. The van der Waals surface area contributed by atoms with Crippen molar-refractivity contribution in [2.24, 2.45) is 0 Å². The maximum absolute atomic E-state index is 13.0. The fraction of sp³-hybridized carbons (Fsp3) is 0.120. The van der Waals surface area contributed by atoms with E-state index in [1.165, 1.54) is 36.4 Å². The Bertz CT molecular complexity index is 1290. The molecule has 0 heterocycles. The molecule has 0 fully saturated rings. The van der Waals surface area contributed by atoms with Crippen LogP contribution in [0.15, 0.2) is 66.7 Å². The van der Waals surface area contributed by atoms with E-state index < -0.39 is 30.9 Å². The van der Waals surface area contributed by atoms with Gasteiger partial charge in [0.15, 0.2) is 18.2 Å². The molecule has 0 aromatic heterocycles. The quantitative estimate of drug-likeness (QED) is 0.417. The molecule has 9 heteroatoms. The summed E-state index contributed by atoms with van der Waals surface area (Å²) < 4.78 is 33.6. The molecule has 0 spiro atoms. The lowest BCUT2D eigenvalue weighted by Crippen LogP contribution is -2.26. The first-order chi connectivity index (χ1) is 16.3. The summed E-state index contributed by atoms with van der Waals surface area (Å²) in [6.45, 7) is -3.57. The molecule has 3 aromatic rings. The third-order valence-corrected chi connectivity index (χ3v) is 5.09. The Hall–Kier alpha value is -4.40. The van der Waals surface area contributed by atoms with Gasteiger partial charge in [-0.15, -0.1) is 0 Å². The molecule has 3 aromatic carbocycles. The van der Waals surface area contributed by atoms with Crippen LogP contribution in [0, 0.1) is 0 Å². The van der Waals surface area contributed by atoms with E-state index in [9.17, 15) is 28.0 Å². The van der Waals surface area contributed by atoms with Gasteiger partial charge >= 0.3 is 12.6 Å². The molecule has 1 amide bonds. The summed E-state index contributed by atoms with van der Waals surface area (Å²) in [5.74, 6) is -2.17. The molecule has 0 bridgehead atoms. The molecule has 1 N–H and O–H groups in total. The predicted molar refractivity (Wildman–Crippen MR) is 116 cm³/mol. The molecule has 0 unspecified atom stereocenters. The number of ether oxygens (including phenoxy) is 2. The van der Waals surface area contributed by atoms with Crippen LogP contribution in [0.25, 0.3) is 0 Å². The Kier molecular flexibility index (Phi) is 6.44. The molecule has 34 heavy (non-hydrogen) atoms. The van der Waals surface area contributed by atoms with Gasteiger partial charge in [0.2, 0.25) is 0 Å². The number of esters is 1. The number of nitrogens with one attached hydrogen (secondary N) is 1. The number of alkyl halides is 2. The van der Waals surface area contributed by atoms with Crippen molar-refractivity contribution in [3.05, 3.63) is 94.5 Å². The van der Waals surface area contributed by atoms with Gasteiger partial charge in [0.25, 0.3) is 5.91 Å². The molecule has 172 valence electrons. The number of anilines is 1. The van der Waals surface area contributed by atoms with E-state index in [-0.39, 0.29) is 40.3 Å². The number of fused-ring (bicyclic) bond motifs is 2. The topological polar surface area (TPSA) is 98.8 Å². The smallest absolute Gasteiger partial charge is 0.387 e. The number of halogens is 2. The summed E-state index contributed by atoms with van der Waals surface area (Å²) in [5.41, 5.74) is 1.42. The van der Waals surface area contributed by atoms with Crippen LogP contribution in [0.1, 0.15) is 37.4 Å². The van der Waals surface area contributed by atoms with Gasteiger partial charge in [-0.25, -0.2) is 0 Å². The minimum absolute atomic E-state index is 0.0478. The molecule has 1 aliphatic carbocycles. The molecule has 7 nitrogen and oxygen atoms in total. The third-order valence-electron chi connectivity index (χ3n) is 5.09. The van der Waals surface area contributed by atoms with Crippen LogP contribution in [0.4, 0.5) is 14.5 Å². The largest absolute Gasteiger partial charge is 0.455 e. The van der Waals surface area contributed by atoms with Gasteiger partial charge in [0, 0.05) is 16.7 Å². The van der Waals surface area contributed by atoms with Gasteiger partial charge in [0.1, 0.15) is 5.75 Å². The summed E-state index contributed by atoms with van der Waals surface area (Å²) in [6.07, 6.45) is -0.188. The number of ketones is 2. The molecular weight excluding hydrogens is 448 g/mol. The van der Waals surface area contributed by atoms with Crippen molar-refractivity contribution in [1.29, 1.82) is 0 Å². The number of amides is 1. The summed E-state index contributed by atoms with van der Waals surface area (Å²) in [5, 5.41) is 2.52. The summed E-state index contributed by atoms with van der Waals surface area (Å²) in [7, 11) is 0. The third kappa shape index (κ3) is 4.83. The number of carbonyl (C=O) groups is 4. The van der Waals surface area contributed by atoms with E-state index in [1.54, 1.807) is 30.3 Å². The van der Waals surface area contributed by atoms with Crippen LogP contribution in [0.5, 0.6) is 5.75 Å². The molecule has 4 rings (SSSR count). The zero-order chi connectivity index (χ0) is 24.2. The Morgan fingerprint density at radius 2 is 1.47 bits per heavy atom. The standard InChI is InChI=1S/C25H17F2NO6/c26-25(27)34-15-10-8-14(9-11-15)12-21(30)33-13-20(29)28-19-7-3-6-18-22(19)24(32)17-5-2-1-4-16(17)23(18)31/h1-11,25H,12-13H2,(H,28,29). The second-order valence-corrected chi connectivity index (χ2v) is 7.34. The van der Waals surface area contributed by atoms with Crippen LogP contribution in [-0.4, -0.2) is 36.7 Å². The first kappa shape index (κ1) is 22.8. The van der Waals surface area contributed by atoms with Crippen molar-refractivity contribution in [3.8, 4) is 5.75 Å². The summed E-state index contributed by atoms with van der Waals surface area (Å²) in [4.78, 5) is 50.2. The molecule has 0 radical (unpaired) electrons. The molecular formula is C25H17F2NO6. The Morgan fingerprint density at radius 1 is 0.824 bits per heavy atom. The summed E-state index contributed by atoms with van der Waals surface area (Å²) >= 11 is 0. The molecule has 0 saturated carbocycles. The maximum Gasteiger partial charge on any atom is 0.387 e. The lowest BCUT2D eigenvalue weighted by molar-refractivity contribution is -0.146. The van der Waals surface area contributed by atoms with E-state index in [0.717, 1.165) is 0 Å². The second-order valence-electron chi connectivity index (χ2n) is 7.34. The average molecular weight is 465 g/mol. The van der Waals surface area contributed by atoms with Crippen LogP contribution >= 0.6 is 0 Å². The highest BCUT2D eigenvalue weighted by atomic mass is 19.3. The van der Waals surface area contributed by atoms with Crippen LogP contribution in [0.2, 0.25) is 0 Å². The van der Waals surface area contributed by atoms with Crippen molar-refractivity contribution in [2.75, 3.05) is 11.9 Å². The van der Waals surface area contributed by atoms with Crippen molar-refractivity contribution >= 4 is 29.1 Å². The zero-order valence-electron chi connectivity index (χ0n) is 17.5. The Balaban J connectivity index is 1.38. The highest BCUT2D eigenvalue weighted by Crippen LogP contribution is 2.31. The van der Waals surface area contributed by atoms with Crippen LogP contribution < -0.4 is 10.1 Å². The number of rotatable bonds is 7. The van der Waals surface area contributed by atoms with Crippen molar-refractivity contribution in [2.45, 2.75) is 13.0 Å². The predicted octanol–water partition coefficient (Wildman–Crippen LogP) is 3.79. The van der Waals surface area contributed by atoms with Gasteiger partial charge < -0.3 is 14.8 Å². The lowest BCUT2D eigenvalue weighted by atomic mass is 9.83.